The van der Waals surface area contributed by atoms with E-state index in [-0.39, 0.29) is 0 Å². The number of nitrogens with one attached hydrogen (secondary N) is 1. The number of anilines is 1. The molecule has 0 bridgehead atoms. The second kappa shape index (κ2) is 5.47. The highest BCUT2D eigenvalue weighted by molar-refractivity contribution is 7.13. The van der Waals surface area contributed by atoms with E-state index in [4.69, 9.17) is 4.74 Å². The summed E-state index contributed by atoms with van der Waals surface area (Å²) in [6.07, 6.45) is 3.44. The maximum atomic E-state index is 5.34. The second-order valence-corrected chi connectivity index (χ2v) is 4.80. The molecule has 1 atom stereocenters. The van der Waals surface area contributed by atoms with Gasteiger partial charge >= 0.3 is 0 Å². The predicted octanol–water partition coefficient (Wildman–Crippen LogP) is 2.54. The highest BCUT2D eigenvalue weighted by Gasteiger charge is 2.14. The van der Waals surface area contributed by atoms with Crippen LogP contribution in [-0.4, -0.2) is 24.7 Å². The van der Waals surface area contributed by atoms with Crippen LogP contribution in [0.15, 0.2) is 5.38 Å². The number of nitrogens with zero attached hydrogens (tertiary/aromatic N) is 1. The van der Waals surface area contributed by atoms with E-state index in [1.165, 1.54) is 18.5 Å². The number of ether oxygens (including phenoxy) is 1. The Labute approximate surface area is 94.9 Å². The molecule has 0 amide bonds. The molecule has 15 heavy (non-hydrogen) atoms. The average molecular weight is 226 g/mol. The Kier molecular flexibility index (Phi) is 3.97. The van der Waals surface area contributed by atoms with Crippen LogP contribution in [0.1, 0.15) is 25.5 Å². The van der Waals surface area contributed by atoms with Crippen molar-refractivity contribution in [3.63, 3.8) is 0 Å². The zero-order chi connectivity index (χ0) is 10.5. The van der Waals surface area contributed by atoms with Crippen LogP contribution in [0, 0.1) is 5.92 Å². The van der Waals surface area contributed by atoms with Crippen LogP contribution in [-0.2, 0) is 11.2 Å². The number of rotatable bonds is 5. The number of hydrogen-bond acceptors (Lipinski definition) is 4. The molecule has 4 heteroatoms. The summed E-state index contributed by atoms with van der Waals surface area (Å²) in [4.78, 5) is 4.47. The van der Waals surface area contributed by atoms with Crippen LogP contribution in [0.2, 0.25) is 0 Å². The number of thiazole rings is 1. The molecule has 0 aliphatic carbocycles. The van der Waals surface area contributed by atoms with Gasteiger partial charge in [0.1, 0.15) is 0 Å². The first-order valence-corrected chi connectivity index (χ1v) is 6.52. The molecule has 1 aliphatic rings. The van der Waals surface area contributed by atoms with Crippen molar-refractivity contribution in [2.75, 3.05) is 25.1 Å². The summed E-state index contributed by atoms with van der Waals surface area (Å²) in [5.74, 6) is 0.753. The van der Waals surface area contributed by atoms with Crippen LogP contribution >= 0.6 is 11.3 Å². The SMILES string of the molecule is CCc1csc(NCCC2CCOC2)n1. The third-order valence-electron chi connectivity index (χ3n) is 2.77. The quantitative estimate of drug-likeness (QED) is 0.838. The molecular formula is C11H18N2OS. The number of aromatic nitrogens is 1. The minimum atomic E-state index is 0.753. The molecule has 1 N–H and O–H groups in total. The molecule has 0 spiro atoms. The third kappa shape index (κ3) is 3.18. The van der Waals surface area contributed by atoms with E-state index in [1.807, 2.05) is 0 Å². The standard InChI is InChI=1S/C11H18N2OS/c1-2-10-8-15-11(13-10)12-5-3-9-4-6-14-7-9/h8-9H,2-7H2,1H3,(H,12,13). The zero-order valence-corrected chi connectivity index (χ0v) is 9.98. The van der Waals surface area contributed by atoms with E-state index in [1.54, 1.807) is 11.3 Å². The lowest BCUT2D eigenvalue weighted by Gasteiger charge is -2.07. The summed E-state index contributed by atoms with van der Waals surface area (Å²) < 4.78 is 5.34. The van der Waals surface area contributed by atoms with Crippen molar-refractivity contribution < 1.29 is 4.74 Å². The van der Waals surface area contributed by atoms with Crippen molar-refractivity contribution in [2.24, 2.45) is 5.92 Å². The van der Waals surface area contributed by atoms with Crippen LogP contribution in [0.25, 0.3) is 0 Å². The van der Waals surface area contributed by atoms with Crippen LogP contribution in [0.4, 0.5) is 5.13 Å². The molecule has 1 saturated heterocycles. The molecule has 3 nitrogen and oxygen atoms in total. The van der Waals surface area contributed by atoms with Crippen molar-refractivity contribution in [1.82, 2.24) is 4.98 Å². The van der Waals surface area contributed by atoms with Crippen molar-refractivity contribution in [3.8, 4) is 0 Å². The largest absolute Gasteiger partial charge is 0.381 e. The molecule has 1 aromatic heterocycles. The number of aryl methyl sites for hydroxylation is 1. The summed E-state index contributed by atoms with van der Waals surface area (Å²) in [6, 6.07) is 0. The van der Waals surface area contributed by atoms with Gasteiger partial charge in [-0.3, -0.25) is 0 Å². The molecule has 0 aromatic carbocycles. The van der Waals surface area contributed by atoms with Gasteiger partial charge in [0.25, 0.3) is 0 Å². The van der Waals surface area contributed by atoms with Gasteiger partial charge in [0, 0.05) is 25.1 Å². The van der Waals surface area contributed by atoms with E-state index < -0.39 is 0 Å². The third-order valence-corrected chi connectivity index (χ3v) is 3.62. The minimum Gasteiger partial charge on any atom is -0.381 e. The Morgan fingerprint density at radius 1 is 1.67 bits per heavy atom. The Balaban J connectivity index is 1.68. The van der Waals surface area contributed by atoms with Gasteiger partial charge < -0.3 is 10.1 Å². The van der Waals surface area contributed by atoms with Crippen LogP contribution < -0.4 is 5.32 Å². The van der Waals surface area contributed by atoms with Crippen molar-refractivity contribution in [1.29, 1.82) is 0 Å². The first-order valence-electron chi connectivity index (χ1n) is 5.64. The molecule has 0 radical (unpaired) electrons. The van der Waals surface area contributed by atoms with Crippen LogP contribution in [0.5, 0.6) is 0 Å². The molecule has 1 fully saturated rings. The number of hydrogen-bond donors (Lipinski definition) is 1. The van der Waals surface area contributed by atoms with Gasteiger partial charge in [0.15, 0.2) is 5.13 Å². The Bertz CT molecular complexity index is 295. The minimum absolute atomic E-state index is 0.753. The lowest BCUT2D eigenvalue weighted by atomic mass is 10.1. The molecule has 84 valence electrons. The first-order chi connectivity index (χ1) is 7.38. The van der Waals surface area contributed by atoms with Crippen molar-refractivity contribution in [2.45, 2.75) is 26.2 Å². The lowest BCUT2D eigenvalue weighted by molar-refractivity contribution is 0.185. The fourth-order valence-corrected chi connectivity index (χ4v) is 2.57. The topological polar surface area (TPSA) is 34.1 Å². The molecular weight excluding hydrogens is 208 g/mol. The Morgan fingerprint density at radius 3 is 3.27 bits per heavy atom. The first kappa shape index (κ1) is 10.9. The van der Waals surface area contributed by atoms with Gasteiger partial charge in [-0.25, -0.2) is 4.98 Å². The van der Waals surface area contributed by atoms with Crippen molar-refractivity contribution in [3.05, 3.63) is 11.1 Å². The van der Waals surface area contributed by atoms with Gasteiger partial charge in [-0.2, -0.15) is 0 Å². The zero-order valence-electron chi connectivity index (χ0n) is 9.16. The monoisotopic (exact) mass is 226 g/mol. The van der Waals surface area contributed by atoms with E-state index in [2.05, 4.69) is 22.6 Å². The van der Waals surface area contributed by atoms with Crippen LogP contribution in [0.3, 0.4) is 0 Å². The van der Waals surface area contributed by atoms with E-state index in [0.717, 1.165) is 37.2 Å². The summed E-state index contributed by atoms with van der Waals surface area (Å²) >= 11 is 1.70. The lowest BCUT2D eigenvalue weighted by Crippen LogP contribution is -2.08. The smallest absolute Gasteiger partial charge is 0.182 e. The second-order valence-electron chi connectivity index (χ2n) is 3.94. The Morgan fingerprint density at radius 2 is 2.60 bits per heavy atom. The fourth-order valence-electron chi connectivity index (χ4n) is 1.74. The molecule has 1 aliphatic heterocycles. The van der Waals surface area contributed by atoms with Gasteiger partial charge in [-0.05, 0) is 25.2 Å². The highest BCUT2D eigenvalue weighted by Crippen LogP contribution is 2.18. The van der Waals surface area contributed by atoms with Crippen molar-refractivity contribution >= 4 is 16.5 Å². The average Bonchev–Trinajstić information content (AvgIpc) is 2.88. The highest BCUT2D eigenvalue weighted by atomic mass is 32.1. The van der Waals surface area contributed by atoms with E-state index >= 15 is 0 Å². The van der Waals surface area contributed by atoms with Gasteiger partial charge in [-0.15, -0.1) is 11.3 Å². The fraction of sp³-hybridized carbons (Fsp3) is 0.727. The Hall–Kier alpha value is -0.610. The summed E-state index contributed by atoms with van der Waals surface area (Å²) in [5, 5.41) is 6.57. The normalized spacial score (nSPS) is 20.7. The maximum Gasteiger partial charge on any atom is 0.182 e. The summed E-state index contributed by atoms with van der Waals surface area (Å²) in [6.45, 7) is 5.04. The molecule has 1 aromatic rings. The van der Waals surface area contributed by atoms with Gasteiger partial charge in [-0.1, -0.05) is 6.92 Å². The molecule has 2 rings (SSSR count). The van der Waals surface area contributed by atoms with Gasteiger partial charge in [0.2, 0.25) is 0 Å². The van der Waals surface area contributed by atoms with E-state index in [0.29, 0.717) is 0 Å². The molecule has 1 unspecified atom stereocenters. The predicted molar refractivity (Wildman–Crippen MR) is 63.5 cm³/mol. The molecule has 0 saturated carbocycles. The van der Waals surface area contributed by atoms with Gasteiger partial charge in [0.05, 0.1) is 5.69 Å². The summed E-state index contributed by atoms with van der Waals surface area (Å²) in [5.41, 5.74) is 1.19. The maximum absolute atomic E-state index is 5.34. The van der Waals surface area contributed by atoms with E-state index in [9.17, 15) is 0 Å². The summed E-state index contributed by atoms with van der Waals surface area (Å²) in [7, 11) is 0. The molecule has 2 heterocycles.